The van der Waals surface area contributed by atoms with Crippen molar-refractivity contribution in [2.75, 3.05) is 0 Å². The third-order valence-electron chi connectivity index (χ3n) is 0. The summed E-state index contributed by atoms with van der Waals surface area (Å²) in [6, 6.07) is 0. The third kappa shape index (κ3) is 765. The van der Waals surface area contributed by atoms with Crippen molar-refractivity contribution in [2.45, 2.75) is 0 Å². The Labute approximate surface area is 110 Å². The maximum Gasteiger partial charge on any atom is 0.466 e. The van der Waals surface area contributed by atoms with Crippen LogP contribution in [-0.4, -0.2) is 34.8 Å². The van der Waals surface area contributed by atoms with Crippen LogP contribution in [0.5, 0.6) is 0 Å². The van der Waals surface area contributed by atoms with Gasteiger partial charge in [-0.1, -0.05) is 0 Å². The molecule has 9 nitrogen and oxygen atoms in total. The van der Waals surface area contributed by atoms with Crippen LogP contribution in [0.1, 0.15) is 0 Å². The second-order valence-corrected chi connectivity index (χ2v) is 3.08. The number of hydrogen-bond donors (Lipinski definition) is 6. The van der Waals surface area contributed by atoms with Crippen molar-refractivity contribution in [3.8, 4) is 0 Å². The molecule has 0 unspecified atom stereocenters. The molecule has 0 fully saturated rings. The average molecular weight is 391 g/mol. The van der Waals surface area contributed by atoms with E-state index in [1.807, 2.05) is 0 Å². The van der Waals surface area contributed by atoms with Crippen molar-refractivity contribution < 1.29 is 94.3 Å². The summed E-state index contributed by atoms with van der Waals surface area (Å²) >= 11 is 0. The summed E-state index contributed by atoms with van der Waals surface area (Å²) in [5, 5.41) is 0. The first-order chi connectivity index (χ1) is 4.00. The Morgan fingerprint density at radius 2 is 0.571 bits per heavy atom. The summed E-state index contributed by atoms with van der Waals surface area (Å²) in [6.45, 7) is 0. The fourth-order valence-electron chi connectivity index (χ4n) is 0. The Morgan fingerprint density at radius 3 is 0.571 bits per heavy atom. The molecule has 0 aliphatic heterocycles. The Balaban J connectivity index is -0.0000000178. The Bertz CT molecular complexity index is 130. The van der Waals surface area contributed by atoms with Gasteiger partial charge >= 0.3 is 15.6 Å². The van der Waals surface area contributed by atoms with E-state index in [0.717, 1.165) is 0 Å². The zero-order chi connectivity index (χ0) is 9.00. The van der Waals surface area contributed by atoms with E-state index in [-0.39, 0.29) is 55.8 Å². The Hall–Kier alpha value is 1.70. The molecule has 0 aliphatic rings. The van der Waals surface area contributed by atoms with Crippen LogP contribution >= 0.6 is 15.6 Å². The van der Waals surface area contributed by atoms with Gasteiger partial charge in [-0.25, -0.2) is 9.13 Å². The summed E-state index contributed by atoms with van der Waals surface area (Å²) in [6.07, 6.45) is 0. The summed E-state index contributed by atoms with van der Waals surface area (Å²) in [4.78, 5) is 43.1. The second-order valence-electron chi connectivity index (χ2n) is 1.03. The van der Waals surface area contributed by atoms with Gasteiger partial charge in [0.1, 0.15) is 0 Å². The van der Waals surface area contributed by atoms with Crippen LogP contribution in [-0.2, 0) is 59.5 Å². The molecule has 0 saturated carbocycles. The minimum atomic E-state index is -4.64. The first kappa shape index (κ1) is 36.1. The molecule has 8 N–H and O–H groups in total. The minimum absolute atomic E-state index is 0. The molecule has 3 radical (unpaired) electrons. The normalized spacial score (nSPS) is 8.43. The van der Waals surface area contributed by atoms with Crippen LogP contribution < -0.4 is 0 Å². The average Bonchev–Trinajstić information content (AvgIpc) is 1.12. The van der Waals surface area contributed by atoms with Gasteiger partial charge in [0.15, 0.2) is 0 Å². The van der Waals surface area contributed by atoms with Crippen molar-refractivity contribution in [2.24, 2.45) is 0 Å². The van der Waals surface area contributed by atoms with Crippen molar-refractivity contribution in [1.82, 2.24) is 0 Å². The van der Waals surface area contributed by atoms with Gasteiger partial charge in [0.2, 0.25) is 0 Å². The van der Waals surface area contributed by atoms with E-state index in [0.29, 0.717) is 0 Å². The smallest absolute Gasteiger partial charge is 0.412 e. The van der Waals surface area contributed by atoms with Gasteiger partial charge in [-0.15, -0.1) is 0 Å². The van der Waals surface area contributed by atoms with E-state index in [1.54, 1.807) is 0 Å². The van der Waals surface area contributed by atoms with E-state index in [2.05, 4.69) is 0 Å². The first-order valence-electron chi connectivity index (χ1n) is 1.57. The molecule has 0 aromatic rings. The van der Waals surface area contributed by atoms with Crippen LogP contribution in [0, 0.1) is 0 Å². The molecule has 0 rings (SSSR count). The molecule has 0 bridgehead atoms. The molecule has 99 valence electrons. The van der Waals surface area contributed by atoms with Gasteiger partial charge in [-0.3, -0.25) is 0 Å². The van der Waals surface area contributed by atoms with Gasteiger partial charge in [-0.2, -0.15) is 0 Å². The Morgan fingerprint density at radius 1 is 0.571 bits per heavy atom. The fourth-order valence-corrected chi connectivity index (χ4v) is 0. The van der Waals surface area contributed by atoms with Gasteiger partial charge in [0.25, 0.3) is 0 Å². The molecule has 0 aromatic carbocycles. The van der Waals surface area contributed by atoms with Crippen molar-refractivity contribution in [3.05, 3.63) is 0 Å². The number of rotatable bonds is 0. The first-order valence-corrected chi connectivity index (χ1v) is 4.70. The molecule has 14 heavy (non-hydrogen) atoms. The van der Waals surface area contributed by atoms with E-state index in [9.17, 15) is 0 Å². The zero-order valence-electron chi connectivity index (χ0n) is 5.89. The topological polar surface area (TPSA) is 187 Å². The van der Waals surface area contributed by atoms with Gasteiger partial charge in [0, 0.05) is 50.3 Å². The van der Waals surface area contributed by atoms with E-state index in [4.69, 9.17) is 38.5 Å². The van der Waals surface area contributed by atoms with Crippen molar-refractivity contribution in [1.29, 1.82) is 0 Å². The van der Waals surface area contributed by atoms with Gasteiger partial charge < -0.3 is 34.8 Å². The molecule has 0 spiro atoms. The third-order valence-corrected chi connectivity index (χ3v) is 0. The van der Waals surface area contributed by atoms with E-state index in [1.165, 1.54) is 0 Å². The SMILES string of the molecule is O.O=P(O)(O)O.O=P(O)(O)O.[Co].[Co].[Co]. The largest absolute Gasteiger partial charge is 0.466 e. The quantitative estimate of drug-likeness (QED) is 0.241. The summed E-state index contributed by atoms with van der Waals surface area (Å²) in [7, 11) is -9.28. The van der Waals surface area contributed by atoms with Gasteiger partial charge in [-0.05, 0) is 0 Å². The van der Waals surface area contributed by atoms with Gasteiger partial charge in [0.05, 0.1) is 0 Å². The maximum atomic E-state index is 8.88. The molecule has 0 aliphatic carbocycles. The van der Waals surface area contributed by atoms with Crippen LogP contribution in [0.2, 0.25) is 0 Å². The van der Waals surface area contributed by atoms with Crippen molar-refractivity contribution >= 4 is 15.6 Å². The summed E-state index contributed by atoms with van der Waals surface area (Å²) in [5.74, 6) is 0. The number of phosphoric acid groups is 2. The zero-order valence-corrected chi connectivity index (χ0v) is 10.8. The molecule has 0 saturated heterocycles. The maximum absolute atomic E-state index is 8.88. The second kappa shape index (κ2) is 14.7. The van der Waals surface area contributed by atoms with Crippen LogP contribution in [0.15, 0.2) is 0 Å². The molecule has 0 aromatic heterocycles. The molecule has 0 heterocycles. The number of hydrogen-bond acceptors (Lipinski definition) is 2. The molecular formula is H8Co3O9P2. The molecule has 0 amide bonds. The van der Waals surface area contributed by atoms with Crippen molar-refractivity contribution in [3.63, 3.8) is 0 Å². The van der Waals surface area contributed by atoms with E-state index < -0.39 is 15.6 Å². The summed E-state index contributed by atoms with van der Waals surface area (Å²) < 4.78 is 17.8. The molecule has 0 atom stereocenters. The van der Waals surface area contributed by atoms with Crippen LogP contribution in [0.4, 0.5) is 0 Å². The molecular weight excluding hydrogens is 383 g/mol. The predicted octanol–water partition coefficient (Wildman–Crippen LogP) is -2.69. The van der Waals surface area contributed by atoms with Crippen LogP contribution in [0.25, 0.3) is 0 Å². The standard InChI is InChI=1S/3Co.2H3O4P.H2O/c;;;2*1-5(2,3)4;/h;;;2*(H3,1,2,3,4);1H2. The molecule has 14 heteroatoms. The predicted molar refractivity (Wildman–Crippen MR) is 32.1 cm³/mol. The Kier molecular flexibility index (Phi) is 37.9. The summed E-state index contributed by atoms with van der Waals surface area (Å²) in [5.41, 5.74) is 0. The monoisotopic (exact) mass is 391 g/mol. The minimum Gasteiger partial charge on any atom is -0.412 e. The van der Waals surface area contributed by atoms with E-state index >= 15 is 0 Å². The van der Waals surface area contributed by atoms with Crippen LogP contribution in [0.3, 0.4) is 0 Å². The fraction of sp³-hybridized carbons (Fsp3) is 0.